The maximum absolute atomic E-state index is 12.2. The predicted molar refractivity (Wildman–Crippen MR) is 74.9 cm³/mol. The molecular formula is C12H12N4O4S. The third-order valence-corrected chi connectivity index (χ3v) is 3.84. The fourth-order valence-electron chi connectivity index (χ4n) is 1.51. The van der Waals surface area contributed by atoms with Crippen molar-refractivity contribution in [3.63, 3.8) is 0 Å². The Morgan fingerprint density at radius 2 is 2.19 bits per heavy atom. The second-order valence-corrected chi connectivity index (χ2v) is 5.75. The summed E-state index contributed by atoms with van der Waals surface area (Å²) < 4.78 is 28.2. The third-order valence-electron chi connectivity index (χ3n) is 2.52. The molecule has 8 nitrogen and oxygen atoms in total. The zero-order valence-electron chi connectivity index (χ0n) is 11.0. The number of sulfonamides is 1. The summed E-state index contributed by atoms with van der Waals surface area (Å²) in [6.45, 7) is 0. The second-order valence-electron chi connectivity index (χ2n) is 4.07. The van der Waals surface area contributed by atoms with E-state index in [2.05, 4.69) is 14.8 Å². The number of aromatic nitrogens is 3. The first-order valence-corrected chi connectivity index (χ1v) is 7.24. The van der Waals surface area contributed by atoms with Crippen LogP contribution < -0.4 is 4.72 Å². The highest BCUT2D eigenvalue weighted by Crippen LogP contribution is 2.15. The van der Waals surface area contributed by atoms with Crippen molar-refractivity contribution in [1.82, 2.24) is 14.8 Å². The molecule has 0 amide bonds. The number of carbonyl (C=O) groups is 1. The van der Waals surface area contributed by atoms with Gasteiger partial charge in [0, 0.05) is 31.6 Å². The van der Waals surface area contributed by atoms with E-state index in [9.17, 15) is 13.2 Å². The summed E-state index contributed by atoms with van der Waals surface area (Å²) in [5.74, 6) is -0.822. The quantitative estimate of drug-likeness (QED) is 0.786. The van der Waals surface area contributed by atoms with Crippen LogP contribution in [-0.4, -0.2) is 34.3 Å². The monoisotopic (exact) mass is 308 g/mol. The number of aryl methyl sites for hydroxylation is 1. The van der Waals surface area contributed by atoms with Crippen LogP contribution in [-0.2, 0) is 21.9 Å². The molecule has 0 saturated heterocycles. The van der Waals surface area contributed by atoms with Gasteiger partial charge in [-0.25, -0.2) is 13.2 Å². The molecule has 21 heavy (non-hydrogen) atoms. The van der Waals surface area contributed by atoms with Gasteiger partial charge in [0.05, 0.1) is 6.20 Å². The number of hydrogen-bond donors (Lipinski definition) is 2. The zero-order valence-corrected chi connectivity index (χ0v) is 11.8. The van der Waals surface area contributed by atoms with E-state index in [1.54, 1.807) is 7.05 Å². The first-order valence-electron chi connectivity index (χ1n) is 5.75. The number of anilines is 1. The number of nitrogens with zero attached hydrogens (tertiary/aromatic N) is 3. The van der Waals surface area contributed by atoms with E-state index < -0.39 is 16.0 Å². The van der Waals surface area contributed by atoms with Crippen molar-refractivity contribution < 1.29 is 18.3 Å². The summed E-state index contributed by atoms with van der Waals surface area (Å²) >= 11 is 0. The number of pyridine rings is 1. The third kappa shape index (κ3) is 3.66. The molecule has 2 aromatic heterocycles. The number of carboxylic acids is 1. The predicted octanol–water partition coefficient (Wildman–Crippen LogP) is 0.714. The van der Waals surface area contributed by atoms with Crippen LogP contribution in [0.2, 0.25) is 0 Å². The highest BCUT2D eigenvalue weighted by molar-refractivity contribution is 7.92. The normalized spacial score (nSPS) is 11.7. The first kappa shape index (κ1) is 14.7. The summed E-state index contributed by atoms with van der Waals surface area (Å²) in [6, 6.07) is 2.84. The Labute approximate surface area is 120 Å². The molecule has 0 aliphatic carbocycles. The van der Waals surface area contributed by atoms with Crippen molar-refractivity contribution in [2.45, 2.75) is 4.90 Å². The van der Waals surface area contributed by atoms with Gasteiger partial charge < -0.3 is 5.11 Å². The standard InChI is InChI=1S/C12H12N4O4S/c1-16-11(4-5-14-16)15-21(19,20)10-6-9(7-13-8-10)2-3-12(17)18/h2-8,15H,1H3,(H,17,18). The Balaban J connectivity index is 2.30. The molecule has 0 aromatic carbocycles. The maximum atomic E-state index is 12.2. The Morgan fingerprint density at radius 3 is 2.81 bits per heavy atom. The average Bonchev–Trinajstić information content (AvgIpc) is 2.82. The number of aliphatic carboxylic acids is 1. The van der Waals surface area contributed by atoms with Crippen molar-refractivity contribution in [3.05, 3.63) is 42.4 Å². The molecule has 0 saturated carbocycles. The Morgan fingerprint density at radius 1 is 1.43 bits per heavy atom. The highest BCUT2D eigenvalue weighted by atomic mass is 32.2. The minimum absolute atomic E-state index is 0.0729. The minimum Gasteiger partial charge on any atom is -0.478 e. The van der Waals surface area contributed by atoms with E-state index in [-0.39, 0.29) is 4.90 Å². The molecule has 0 aliphatic heterocycles. The lowest BCUT2D eigenvalue weighted by atomic mass is 10.2. The van der Waals surface area contributed by atoms with E-state index in [4.69, 9.17) is 5.11 Å². The van der Waals surface area contributed by atoms with Gasteiger partial charge in [-0.15, -0.1) is 0 Å². The van der Waals surface area contributed by atoms with Crippen molar-refractivity contribution in [3.8, 4) is 0 Å². The fraction of sp³-hybridized carbons (Fsp3) is 0.0833. The molecule has 9 heteroatoms. The Bertz CT molecular complexity index is 795. The van der Waals surface area contributed by atoms with Gasteiger partial charge >= 0.3 is 5.97 Å². The van der Waals surface area contributed by atoms with Crippen LogP contribution in [0.4, 0.5) is 5.82 Å². The SMILES string of the molecule is Cn1nccc1NS(=O)(=O)c1cncc(C=CC(=O)O)c1. The highest BCUT2D eigenvalue weighted by Gasteiger charge is 2.16. The maximum Gasteiger partial charge on any atom is 0.328 e. The molecule has 0 unspecified atom stereocenters. The molecule has 110 valence electrons. The number of hydrogen-bond acceptors (Lipinski definition) is 5. The molecule has 0 spiro atoms. The van der Waals surface area contributed by atoms with Crippen LogP contribution in [0.3, 0.4) is 0 Å². The van der Waals surface area contributed by atoms with E-state index in [1.807, 2.05) is 0 Å². The van der Waals surface area contributed by atoms with Crippen LogP contribution in [0.1, 0.15) is 5.56 Å². The summed E-state index contributed by atoms with van der Waals surface area (Å²) in [5.41, 5.74) is 0.366. The average molecular weight is 308 g/mol. The summed E-state index contributed by atoms with van der Waals surface area (Å²) in [5, 5.41) is 12.4. The molecule has 0 aliphatic rings. The van der Waals surface area contributed by atoms with Crippen LogP contribution in [0.5, 0.6) is 0 Å². The molecule has 2 rings (SSSR count). The van der Waals surface area contributed by atoms with E-state index in [1.165, 1.54) is 41.5 Å². The zero-order chi connectivity index (χ0) is 15.5. The fourth-order valence-corrected chi connectivity index (χ4v) is 2.60. The summed E-state index contributed by atoms with van der Waals surface area (Å²) in [6.07, 6.45) is 6.17. The van der Waals surface area contributed by atoms with Gasteiger partial charge in [-0.2, -0.15) is 5.10 Å². The molecule has 0 atom stereocenters. The first-order chi connectivity index (χ1) is 9.88. The van der Waals surface area contributed by atoms with Crippen LogP contribution >= 0.6 is 0 Å². The van der Waals surface area contributed by atoms with Gasteiger partial charge in [0.2, 0.25) is 0 Å². The van der Waals surface area contributed by atoms with Gasteiger partial charge in [-0.1, -0.05) is 0 Å². The van der Waals surface area contributed by atoms with E-state index in [0.29, 0.717) is 11.4 Å². The largest absolute Gasteiger partial charge is 0.478 e. The topological polar surface area (TPSA) is 114 Å². The van der Waals surface area contributed by atoms with Gasteiger partial charge in [-0.3, -0.25) is 14.4 Å². The van der Waals surface area contributed by atoms with E-state index in [0.717, 1.165) is 6.08 Å². The number of nitrogens with one attached hydrogen (secondary N) is 1. The van der Waals surface area contributed by atoms with Crippen molar-refractivity contribution >= 4 is 27.9 Å². The summed E-state index contributed by atoms with van der Waals surface area (Å²) in [4.78, 5) is 14.2. The van der Waals surface area contributed by atoms with Crippen LogP contribution in [0.15, 0.2) is 41.7 Å². The van der Waals surface area contributed by atoms with Gasteiger partial charge in [0.1, 0.15) is 10.7 Å². The van der Waals surface area contributed by atoms with Crippen molar-refractivity contribution in [1.29, 1.82) is 0 Å². The molecule has 2 heterocycles. The van der Waals surface area contributed by atoms with Crippen molar-refractivity contribution in [2.24, 2.45) is 7.05 Å². The summed E-state index contributed by atoms with van der Waals surface area (Å²) in [7, 11) is -2.22. The lowest BCUT2D eigenvalue weighted by Crippen LogP contribution is -2.15. The molecule has 2 N–H and O–H groups in total. The number of rotatable bonds is 5. The molecule has 0 radical (unpaired) electrons. The Kier molecular flexibility index (Phi) is 4.03. The number of carboxylic acid groups (broad SMARTS) is 1. The second kappa shape index (κ2) is 5.75. The van der Waals surface area contributed by atoms with Gasteiger partial charge in [0.15, 0.2) is 0 Å². The minimum atomic E-state index is -3.82. The van der Waals surface area contributed by atoms with Gasteiger partial charge in [0.25, 0.3) is 10.0 Å². The van der Waals surface area contributed by atoms with Crippen molar-refractivity contribution in [2.75, 3.05) is 4.72 Å². The van der Waals surface area contributed by atoms with Crippen LogP contribution in [0, 0.1) is 0 Å². The molecule has 0 fully saturated rings. The lowest BCUT2D eigenvalue weighted by Gasteiger charge is -2.08. The lowest BCUT2D eigenvalue weighted by molar-refractivity contribution is -0.131. The Hall–Kier alpha value is -2.68. The molecule has 2 aromatic rings. The van der Waals surface area contributed by atoms with E-state index >= 15 is 0 Å². The smallest absolute Gasteiger partial charge is 0.328 e. The molecule has 0 bridgehead atoms. The van der Waals surface area contributed by atoms with Crippen LogP contribution in [0.25, 0.3) is 6.08 Å². The van der Waals surface area contributed by atoms with Gasteiger partial charge in [-0.05, 0) is 17.7 Å². The molecular weight excluding hydrogens is 296 g/mol.